The minimum Gasteiger partial charge on any atom is -0.379 e. The van der Waals surface area contributed by atoms with Crippen molar-refractivity contribution < 1.29 is 14.3 Å². The standard InChI is InChI=1S/C21H29N5O3/c1-25-19(23-20(27)9-8-17-6-3-2-4-7-17)16-18(24-25)21(28)22-10-5-11-26-12-14-29-15-13-26/h2-4,6-7,16H,5,8-15H2,1H3,(H,22,28)(H,23,27). The predicted octanol–water partition coefficient (Wildman–Crippen LogP) is 1.44. The van der Waals surface area contributed by atoms with E-state index in [0.717, 1.165) is 44.8 Å². The summed E-state index contributed by atoms with van der Waals surface area (Å²) in [7, 11) is 1.71. The molecule has 2 aromatic rings. The zero-order valence-corrected chi connectivity index (χ0v) is 16.9. The molecule has 0 unspecified atom stereocenters. The number of anilines is 1. The number of nitrogens with zero attached hydrogens (tertiary/aromatic N) is 3. The van der Waals surface area contributed by atoms with Gasteiger partial charge in [0.05, 0.1) is 13.2 Å². The number of carbonyl (C=O) groups excluding carboxylic acids is 2. The van der Waals surface area contributed by atoms with Gasteiger partial charge in [0.2, 0.25) is 5.91 Å². The largest absolute Gasteiger partial charge is 0.379 e. The summed E-state index contributed by atoms with van der Waals surface area (Å²) in [6.45, 7) is 4.98. The van der Waals surface area contributed by atoms with E-state index in [2.05, 4.69) is 20.6 Å². The summed E-state index contributed by atoms with van der Waals surface area (Å²) in [5.74, 6) is 0.184. The molecule has 1 aromatic heterocycles. The molecule has 1 aliphatic rings. The summed E-state index contributed by atoms with van der Waals surface area (Å²) in [5.41, 5.74) is 1.42. The summed E-state index contributed by atoms with van der Waals surface area (Å²) in [4.78, 5) is 26.9. The summed E-state index contributed by atoms with van der Waals surface area (Å²) in [6, 6.07) is 11.5. The number of hydrogen-bond acceptors (Lipinski definition) is 5. The second-order valence-electron chi connectivity index (χ2n) is 7.14. The van der Waals surface area contributed by atoms with Gasteiger partial charge in [0.1, 0.15) is 5.82 Å². The maximum Gasteiger partial charge on any atom is 0.271 e. The normalized spacial score (nSPS) is 14.5. The van der Waals surface area contributed by atoms with Crippen molar-refractivity contribution in [1.82, 2.24) is 20.0 Å². The molecular weight excluding hydrogens is 370 g/mol. The first-order chi connectivity index (χ1) is 14.1. The van der Waals surface area contributed by atoms with Crippen LogP contribution in [0, 0.1) is 0 Å². The smallest absolute Gasteiger partial charge is 0.271 e. The lowest BCUT2D eigenvalue weighted by molar-refractivity contribution is -0.116. The maximum atomic E-state index is 12.3. The molecule has 1 aromatic carbocycles. The first-order valence-corrected chi connectivity index (χ1v) is 10.1. The van der Waals surface area contributed by atoms with Gasteiger partial charge in [-0.25, -0.2) is 0 Å². The highest BCUT2D eigenvalue weighted by atomic mass is 16.5. The summed E-state index contributed by atoms with van der Waals surface area (Å²) in [5, 5.41) is 9.94. The topological polar surface area (TPSA) is 88.5 Å². The van der Waals surface area contributed by atoms with E-state index >= 15 is 0 Å². The van der Waals surface area contributed by atoms with Gasteiger partial charge in [0, 0.05) is 39.2 Å². The van der Waals surface area contributed by atoms with Gasteiger partial charge in [-0.15, -0.1) is 0 Å². The number of carbonyl (C=O) groups is 2. The molecule has 29 heavy (non-hydrogen) atoms. The molecule has 0 atom stereocenters. The van der Waals surface area contributed by atoms with Gasteiger partial charge >= 0.3 is 0 Å². The van der Waals surface area contributed by atoms with Gasteiger partial charge < -0.3 is 15.4 Å². The van der Waals surface area contributed by atoms with E-state index in [1.54, 1.807) is 13.1 Å². The van der Waals surface area contributed by atoms with Crippen LogP contribution < -0.4 is 10.6 Å². The second kappa shape index (κ2) is 10.7. The second-order valence-corrected chi connectivity index (χ2v) is 7.14. The van der Waals surface area contributed by atoms with Crippen molar-refractivity contribution in [3.05, 3.63) is 47.7 Å². The number of nitrogens with one attached hydrogen (secondary N) is 2. The molecular formula is C21H29N5O3. The highest BCUT2D eigenvalue weighted by Gasteiger charge is 2.15. The van der Waals surface area contributed by atoms with E-state index in [1.807, 2.05) is 30.3 Å². The van der Waals surface area contributed by atoms with E-state index in [-0.39, 0.29) is 11.8 Å². The fraction of sp³-hybridized carbons (Fsp3) is 0.476. The number of aryl methyl sites for hydroxylation is 2. The molecule has 0 aliphatic carbocycles. The first-order valence-electron chi connectivity index (χ1n) is 10.1. The first kappa shape index (κ1) is 21.0. The number of ether oxygens (including phenoxy) is 1. The molecule has 156 valence electrons. The van der Waals surface area contributed by atoms with E-state index in [9.17, 15) is 9.59 Å². The molecule has 8 nitrogen and oxygen atoms in total. The number of amides is 2. The van der Waals surface area contributed by atoms with Crippen LogP contribution >= 0.6 is 0 Å². The third-order valence-corrected chi connectivity index (χ3v) is 4.90. The number of aromatic nitrogens is 2. The average molecular weight is 399 g/mol. The summed E-state index contributed by atoms with van der Waals surface area (Å²) >= 11 is 0. The summed E-state index contributed by atoms with van der Waals surface area (Å²) in [6.07, 6.45) is 1.92. The van der Waals surface area contributed by atoms with Crippen LogP contribution in [-0.4, -0.2) is 65.9 Å². The molecule has 2 N–H and O–H groups in total. The molecule has 0 spiro atoms. The zero-order valence-electron chi connectivity index (χ0n) is 16.9. The minimum atomic E-state index is -0.229. The van der Waals surface area contributed by atoms with Crippen LogP contribution in [-0.2, 0) is 23.0 Å². The quantitative estimate of drug-likeness (QED) is 0.623. The van der Waals surface area contributed by atoms with Crippen LogP contribution in [0.5, 0.6) is 0 Å². The Morgan fingerprint density at radius 3 is 2.69 bits per heavy atom. The number of benzene rings is 1. The molecule has 2 amide bonds. The minimum absolute atomic E-state index is 0.102. The lowest BCUT2D eigenvalue weighted by Crippen LogP contribution is -2.38. The molecule has 1 saturated heterocycles. The van der Waals surface area contributed by atoms with Crippen LogP contribution in [0.3, 0.4) is 0 Å². The lowest BCUT2D eigenvalue weighted by Gasteiger charge is -2.26. The number of rotatable bonds is 9. The van der Waals surface area contributed by atoms with E-state index in [4.69, 9.17) is 4.74 Å². The van der Waals surface area contributed by atoms with E-state index < -0.39 is 0 Å². The van der Waals surface area contributed by atoms with Crippen molar-refractivity contribution in [3.63, 3.8) is 0 Å². The third kappa shape index (κ3) is 6.69. The van der Waals surface area contributed by atoms with Gasteiger partial charge in [-0.2, -0.15) is 5.10 Å². The van der Waals surface area contributed by atoms with Crippen LogP contribution in [0.15, 0.2) is 36.4 Å². The van der Waals surface area contributed by atoms with Crippen LogP contribution in [0.2, 0.25) is 0 Å². The SMILES string of the molecule is Cn1nc(C(=O)NCCCN2CCOCC2)cc1NC(=O)CCc1ccccc1. The Morgan fingerprint density at radius 2 is 1.93 bits per heavy atom. The third-order valence-electron chi connectivity index (χ3n) is 4.90. The number of morpholine rings is 1. The molecule has 1 fully saturated rings. The van der Waals surface area contributed by atoms with Gasteiger partial charge in [0.25, 0.3) is 5.91 Å². The lowest BCUT2D eigenvalue weighted by atomic mass is 10.1. The van der Waals surface area contributed by atoms with Crippen molar-refractivity contribution >= 4 is 17.6 Å². The fourth-order valence-electron chi connectivity index (χ4n) is 3.22. The monoisotopic (exact) mass is 399 g/mol. The van der Waals surface area contributed by atoms with Gasteiger partial charge in [-0.05, 0) is 24.9 Å². The Labute approximate surface area is 171 Å². The Bertz CT molecular complexity index is 800. The highest BCUT2D eigenvalue weighted by molar-refractivity contribution is 5.95. The Morgan fingerprint density at radius 1 is 1.17 bits per heavy atom. The van der Waals surface area contributed by atoms with Gasteiger partial charge in [0.15, 0.2) is 5.69 Å². The van der Waals surface area contributed by atoms with Crippen molar-refractivity contribution in [2.45, 2.75) is 19.3 Å². The van der Waals surface area contributed by atoms with Crippen LogP contribution in [0.25, 0.3) is 0 Å². The summed E-state index contributed by atoms with van der Waals surface area (Å²) < 4.78 is 6.85. The Hall–Kier alpha value is -2.71. The van der Waals surface area contributed by atoms with Crippen LogP contribution in [0.1, 0.15) is 28.9 Å². The average Bonchev–Trinajstić information content (AvgIpc) is 3.11. The molecule has 3 rings (SSSR count). The maximum absolute atomic E-state index is 12.3. The highest BCUT2D eigenvalue weighted by Crippen LogP contribution is 2.11. The fourth-order valence-corrected chi connectivity index (χ4v) is 3.22. The van der Waals surface area contributed by atoms with Crippen molar-refractivity contribution in [1.29, 1.82) is 0 Å². The van der Waals surface area contributed by atoms with Crippen molar-refractivity contribution in [2.24, 2.45) is 7.05 Å². The van der Waals surface area contributed by atoms with Crippen molar-refractivity contribution in [3.8, 4) is 0 Å². The number of hydrogen-bond donors (Lipinski definition) is 2. The van der Waals surface area contributed by atoms with Gasteiger partial charge in [-0.1, -0.05) is 30.3 Å². The molecule has 0 bridgehead atoms. The molecule has 2 heterocycles. The predicted molar refractivity (Wildman–Crippen MR) is 111 cm³/mol. The van der Waals surface area contributed by atoms with Crippen LogP contribution in [0.4, 0.5) is 5.82 Å². The molecule has 8 heteroatoms. The zero-order chi connectivity index (χ0) is 20.5. The molecule has 0 saturated carbocycles. The Balaban J connectivity index is 1.41. The van der Waals surface area contributed by atoms with Gasteiger partial charge in [-0.3, -0.25) is 19.2 Å². The Kier molecular flexibility index (Phi) is 7.77. The molecule has 1 aliphatic heterocycles. The van der Waals surface area contributed by atoms with Crippen molar-refractivity contribution in [2.75, 3.05) is 44.7 Å². The molecule has 0 radical (unpaired) electrons. The van der Waals surface area contributed by atoms with E-state index in [0.29, 0.717) is 30.9 Å². The van der Waals surface area contributed by atoms with E-state index in [1.165, 1.54) is 4.68 Å².